The summed E-state index contributed by atoms with van der Waals surface area (Å²) in [5, 5.41) is 11.9. The Morgan fingerprint density at radius 2 is 1.94 bits per heavy atom. The zero-order valence-corrected chi connectivity index (χ0v) is 18.5. The van der Waals surface area contributed by atoms with Gasteiger partial charge in [-0.1, -0.05) is 18.2 Å². The average molecular weight is 452 g/mol. The lowest BCUT2D eigenvalue weighted by Crippen LogP contribution is -2.16. The molecule has 2 aromatic rings. The SMILES string of the molecule is C=CCc1cc(/C=C(/C#N)C(=O)Nc2ccccc2F)cc(OCC)c1OCC(=O)OCC. The smallest absolute Gasteiger partial charge is 0.344 e. The van der Waals surface area contributed by atoms with Crippen LogP contribution < -0.4 is 14.8 Å². The summed E-state index contributed by atoms with van der Waals surface area (Å²) in [6.07, 6.45) is 3.38. The van der Waals surface area contributed by atoms with Crippen molar-refractivity contribution >= 4 is 23.6 Å². The van der Waals surface area contributed by atoms with Gasteiger partial charge in [-0.2, -0.15) is 5.26 Å². The third kappa shape index (κ3) is 7.21. The molecule has 0 aromatic heterocycles. The van der Waals surface area contributed by atoms with Crippen LogP contribution in [0.4, 0.5) is 10.1 Å². The molecule has 0 saturated carbocycles. The number of nitrogens with zero attached hydrogens (tertiary/aromatic N) is 1. The number of amides is 1. The van der Waals surface area contributed by atoms with Crippen LogP contribution in [-0.2, 0) is 20.7 Å². The number of ether oxygens (including phenoxy) is 3. The molecule has 0 aliphatic carbocycles. The van der Waals surface area contributed by atoms with Crippen molar-refractivity contribution < 1.29 is 28.2 Å². The topological polar surface area (TPSA) is 97.7 Å². The number of esters is 1. The van der Waals surface area contributed by atoms with Gasteiger partial charge >= 0.3 is 5.97 Å². The van der Waals surface area contributed by atoms with E-state index < -0.39 is 17.7 Å². The monoisotopic (exact) mass is 452 g/mol. The number of rotatable bonds is 11. The van der Waals surface area contributed by atoms with Gasteiger partial charge in [0.2, 0.25) is 0 Å². The number of benzene rings is 2. The molecular formula is C25H25FN2O5. The number of anilines is 1. The molecule has 33 heavy (non-hydrogen) atoms. The van der Waals surface area contributed by atoms with Crippen LogP contribution in [0.2, 0.25) is 0 Å². The first-order chi connectivity index (χ1) is 15.9. The fourth-order valence-corrected chi connectivity index (χ4v) is 2.90. The van der Waals surface area contributed by atoms with Gasteiger partial charge in [0.25, 0.3) is 5.91 Å². The first-order valence-corrected chi connectivity index (χ1v) is 10.3. The number of carbonyl (C=O) groups is 2. The summed E-state index contributed by atoms with van der Waals surface area (Å²) in [5.41, 5.74) is 0.858. The molecule has 1 N–H and O–H groups in total. The lowest BCUT2D eigenvalue weighted by molar-refractivity contribution is -0.145. The van der Waals surface area contributed by atoms with E-state index in [1.807, 2.05) is 6.07 Å². The average Bonchev–Trinajstić information content (AvgIpc) is 2.79. The zero-order chi connectivity index (χ0) is 24.2. The minimum atomic E-state index is -0.756. The number of halogens is 1. The third-order valence-corrected chi connectivity index (χ3v) is 4.26. The Bertz CT molecular complexity index is 1090. The number of hydrogen-bond acceptors (Lipinski definition) is 6. The number of allylic oxidation sites excluding steroid dienone is 1. The number of para-hydroxylation sites is 1. The summed E-state index contributed by atoms with van der Waals surface area (Å²) >= 11 is 0. The predicted molar refractivity (Wildman–Crippen MR) is 122 cm³/mol. The first kappa shape index (κ1) is 25.1. The van der Waals surface area contributed by atoms with E-state index in [4.69, 9.17) is 14.2 Å². The van der Waals surface area contributed by atoms with Crippen LogP contribution in [0.1, 0.15) is 25.0 Å². The van der Waals surface area contributed by atoms with Crippen LogP contribution >= 0.6 is 0 Å². The van der Waals surface area contributed by atoms with E-state index in [-0.39, 0.29) is 24.5 Å². The summed E-state index contributed by atoms with van der Waals surface area (Å²) < 4.78 is 30.1. The minimum absolute atomic E-state index is 0.0336. The Hall–Kier alpha value is -4.12. The summed E-state index contributed by atoms with van der Waals surface area (Å²) in [6.45, 7) is 7.46. The van der Waals surface area contributed by atoms with Crippen molar-refractivity contribution in [3.05, 3.63) is 71.6 Å². The Morgan fingerprint density at radius 3 is 2.58 bits per heavy atom. The van der Waals surface area contributed by atoms with E-state index in [1.165, 1.54) is 24.3 Å². The summed E-state index contributed by atoms with van der Waals surface area (Å²) in [5.74, 6) is -1.22. The van der Waals surface area contributed by atoms with E-state index in [9.17, 15) is 19.2 Å². The van der Waals surface area contributed by atoms with Gasteiger partial charge in [0, 0.05) is 5.56 Å². The molecule has 172 valence electrons. The fourth-order valence-electron chi connectivity index (χ4n) is 2.90. The standard InChI is InChI=1S/C25H25FN2O5/c1-4-9-18-12-17(14-22(31-5-2)24(18)33-16-23(29)32-6-3)13-19(15-27)25(30)28-21-11-8-7-10-20(21)26/h4,7-8,10-14H,1,5-6,9,16H2,2-3H3,(H,28,30)/b19-13-. The van der Waals surface area contributed by atoms with Gasteiger partial charge in [0.05, 0.1) is 18.9 Å². The van der Waals surface area contributed by atoms with Gasteiger partial charge in [0.15, 0.2) is 18.1 Å². The molecule has 0 heterocycles. The van der Waals surface area contributed by atoms with Crippen LogP contribution in [0.15, 0.2) is 54.6 Å². The van der Waals surface area contributed by atoms with Crippen molar-refractivity contribution in [1.29, 1.82) is 5.26 Å². The molecule has 2 aromatic carbocycles. The minimum Gasteiger partial charge on any atom is -0.490 e. The van der Waals surface area contributed by atoms with Crippen molar-refractivity contribution in [2.75, 3.05) is 25.1 Å². The maximum absolute atomic E-state index is 13.9. The maximum Gasteiger partial charge on any atom is 0.344 e. The van der Waals surface area contributed by atoms with Gasteiger partial charge in [-0.3, -0.25) is 4.79 Å². The van der Waals surface area contributed by atoms with E-state index in [0.717, 1.165) is 0 Å². The second kappa shape index (κ2) is 12.7. The Balaban J connectivity index is 2.40. The second-order valence-corrected chi connectivity index (χ2v) is 6.63. The first-order valence-electron chi connectivity index (χ1n) is 10.3. The highest BCUT2D eigenvalue weighted by Gasteiger charge is 2.17. The number of hydrogen-bond donors (Lipinski definition) is 1. The summed E-state index contributed by atoms with van der Waals surface area (Å²) in [4.78, 5) is 24.3. The van der Waals surface area contributed by atoms with Crippen molar-refractivity contribution in [3.8, 4) is 17.6 Å². The normalized spacial score (nSPS) is 10.7. The Labute approximate surface area is 192 Å². The van der Waals surface area contributed by atoms with Crippen molar-refractivity contribution in [1.82, 2.24) is 0 Å². The van der Waals surface area contributed by atoms with Gasteiger partial charge in [0.1, 0.15) is 17.5 Å². The number of carbonyl (C=O) groups excluding carboxylic acids is 2. The Kier molecular flexibility index (Phi) is 9.65. The van der Waals surface area contributed by atoms with Crippen molar-refractivity contribution in [2.24, 2.45) is 0 Å². The Morgan fingerprint density at radius 1 is 1.18 bits per heavy atom. The largest absolute Gasteiger partial charge is 0.490 e. The molecule has 0 fully saturated rings. The fraction of sp³-hybridized carbons (Fsp3) is 0.240. The zero-order valence-electron chi connectivity index (χ0n) is 18.5. The van der Waals surface area contributed by atoms with Gasteiger partial charge in [-0.05, 0) is 56.2 Å². The van der Waals surface area contributed by atoms with Crippen LogP contribution in [-0.4, -0.2) is 31.7 Å². The van der Waals surface area contributed by atoms with Crippen molar-refractivity contribution in [2.45, 2.75) is 20.3 Å². The molecule has 0 bridgehead atoms. The van der Waals surface area contributed by atoms with Crippen LogP contribution in [0.25, 0.3) is 6.08 Å². The van der Waals surface area contributed by atoms with E-state index in [0.29, 0.717) is 35.7 Å². The molecule has 0 spiro atoms. The van der Waals surface area contributed by atoms with Crippen LogP contribution in [0.5, 0.6) is 11.5 Å². The molecule has 0 atom stereocenters. The highest BCUT2D eigenvalue weighted by molar-refractivity contribution is 6.09. The van der Waals surface area contributed by atoms with Gasteiger partial charge in [-0.25, -0.2) is 9.18 Å². The molecule has 7 nitrogen and oxygen atoms in total. The highest BCUT2D eigenvalue weighted by atomic mass is 19.1. The van der Waals surface area contributed by atoms with E-state index >= 15 is 0 Å². The molecule has 0 saturated heterocycles. The summed E-state index contributed by atoms with van der Waals surface area (Å²) in [7, 11) is 0. The van der Waals surface area contributed by atoms with Gasteiger partial charge < -0.3 is 19.5 Å². The second-order valence-electron chi connectivity index (χ2n) is 6.63. The highest BCUT2D eigenvalue weighted by Crippen LogP contribution is 2.35. The molecule has 1 amide bonds. The van der Waals surface area contributed by atoms with Gasteiger partial charge in [-0.15, -0.1) is 6.58 Å². The van der Waals surface area contributed by atoms with Crippen LogP contribution in [0.3, 0.4) is 0 Å². The van der Waals surface area contributed by atoms with Crippen LogP contribution in [0, 0.1) is 17.1 Å². The lowest BCUT2D eigenvalue weighted by Gasteiger charge is -2.16. The number of nitriles is 1. The van der Waals surface area contributed by atoms with E-state index in [1.54, 1.807) is 38.1 Å². The lowest BCUT2D eigenvalue weighted by atomic mass is 10.0. The number of nitrogens with one attached hydrogen (secondary N) is 1. The third-order valence-electron chi connectivity index (χ3n) is 4.26. The van der Waals surface area contributed by atoms with E-state index in [2.05, 4.69) is 11.9 Å². The summed E-state index contributed by atoms with van der Waals surface area (Å²) in [6, 6.07) is 10.8. The predicted octanol–water partition coefficient (Wildman–Crippen LogP) is 4.44. The molecule has 0 aliphatic heterocycles. The molecular weight excluding hydrogens is 427 g/mol. The molecule has 0 radical (unpaired) electrons. The molecule has 0 unspecified atom stereocenters. The van der Waals surface area contributed by atoms with Crippen molar-refractivity contribution in [3.63, 3.8) is 0 Å². The maximum atomic E-state index is 13.9. The molecule has 2 rings (SSSR count). The molecule has 0 aliphatic rings. The quantitative estimate of drug-likeness (QED) is 0.234. The molecule has 8 heteroatoms.